The van der Waals surface area contributed by atoms with Crippen LogP contribution in [0, 0.1) is 0 Å². The first-order valence-electron chi connectivity index (χ1n) is 8.87. The summed E-state index contributed by atoms with van der Waals surface area (Å²) in [6, 6.07) is 11.1. The van der Waals surface area contributed by atoms with Crippen molar-refractivity contribution in [2.75, 3.05) is 16.9 Å². The van der Waals surface area contributed by atoms with Gasteiger partial charge in [-0.1, -0.05) is 18.9 Å². The Morgan fingerprint density at radius 3 is 2.62 bits per heavy atom. The van der Waals surface area contributed by atoms with E-state index in [1.807, 2.05) is 0 Å². The minimum atomic E-state index is 0.534. The maximum Gasteiger partial charge on any atom is 0.225 e. The lowest BCUT2D eigenvalue weighted by Gasteiger charge is -2.15. The van der Waals surface area contributed by atoms with E-state index in [2.05, 4.69) is 47.2 Å². The molecular formula is C19H24N4S. The van der Waals surface area contributed by atoms with E-state index >= 15 is 0 Å². The summed E-state index contributed by atoms with van der Waals surface area (Å²) in [7, 11) is 0. The summed E-state index contributed by atoms with van der Waals surface area (Å²) in [5, 5.41) is 7.01. The average Bonchev–Trinajstić information content (AvgIpc) is 3.33. The van der Waals surface area contributed by atoms with Gasteiger partial charge >= 0.3 is 0 Å². The lowest BCUT2D eigenvalue weighted by molar-refractivity contribution is 0.742. The Labute approximate surface area is 147 Å². The van der Waals surface area contributed by atoms with Gasteiger partial charge in [0.05, 0.1) is 5.69 Å². The van der Waals surface area contributed by atoms with Crippen molar-refractivity contribution < 1.29 is 0 Å². The van der Waals surface area contributed by atoms with Gasteiger partial charge in [0.2, 0.25) is 5.95 Å². The Bertz CT molecular complexity index is 708. The summed E-state index contributed by atoms with van der Waals surface area (Å²) in [4.78, 5) is 10.7. The van der Waals surface area contributed by atoms with Crippen molar-refractivity contribution in [3.05, 3.63) is 36.0 Å². The fourth-order valence-corrected chi connectivity index (χ4v) is 3.74. The van der Waals surface area contributed by atoms with Gasteiger partial charge in [0.25, 0.3) is 0 Å². The summed E-state index contributed by atoms with van der Waals surface area (Å²) in [6.45, 7) is 0. The van der Waals surface area contributed by atoms with Crippen LogP contribution in [0.1, 0.15) is 50.1 Å². The summed E-state index contributed by atoms with van der Waals surface area (Å²) < 4.78 is 0. The van der Waals surface area contributed by atoms with E-state index in [0.29, 0.717) is 12.0 Å². The fraction of sp³-hybridized carbons (Fsp3) is 0.474. The van der Waals surface area contributed by atoms with Crippen molar-refractivity contribution in [1.29, 1.82) is 0 Å². The van der Waals surface area contributed by atoms with Crippen LogP contribution in [0.25, 0.3) is 0 Å². The van der Waals surface area contributed by atoms with E-state index in [0.717, 1.165) is 17.5 Å². The van der Waals surface area contributed by atoms with Gasteiger partial charge in [-0.2, -0.15) is 4.98 Å². The van der Waals surface area contributed by atoms with Crippen LogP contribution in [0.2, 0.25) is 0 Å². The number of hydrogen-bond acceptors (Lipinski definition) is 5. The van der Waals surface area contributed by atoms with Gasteiger partial charge in [0, 0.05) is 28.6 Å². The van der Waals surface area contributed by atoms with Gasteiger partial charge in [-0.25, -0.2) is 4.98 Å². The largest absolute Gasteiger partial charge is 0.351 e. The van der Waals surface area contributed by atoms with Gasteiger partial charge in [-0.15, -0.1) is 11.8 Å². The lowest BCUT2D eigenvalue weighted by Crippen LogP contribution is -2.17. The monoisotopic (exact) mass is 340 g/mol. The lowest BCUT2D eigenvalue weighted by atomic mass is 10.2. The summed E-state index contributed by atoms with van der Waals surface area (Å²) >= 11 is 1.75. The van der Waals surface area contributed by atoms with Crippen LogP contribution in [0.4, 0.5) is 17.5 Å². The van der Waals surface area contributed by atoms with E-state index in [1.165, 1.54) is 49.1 Å². The zero-order valence-corrected chi connectivity index (χ0v) is 14.9. The molecule has 0 unspecified atom stereocenters. The molecule has 0 bridgehead atoms. The molecule has 1 aromatic heterocycles. The molecule has 2 aliphatic carbocycles. The van der Waals surface area contributed by atoms with Crippen molar-refractivity contribution in [3.8, 4) is 0 Å². The molecule has 2 N–H and O–H groups in total. The smallest absolute Gasteiger partial charge is 0.225 e. The highest BCUT2D eigenvalue weighted by molar-refractivity contribution is 7.98. The molecule has 0 spiro atoms. The third-order valence-electron chi connectivity index (χ3n) is 4.77. The van der Waals surface area contributed by atoms with Crippen molar-refractivity contribution >= 4 is 29.2 Å². The van der Waals surface area contributed by atoms with Crippen LogP contribution >= 0.6 is 11.8 Å². The van der Waals surface area contributed by atoms with Crippen molar-refractivity contribution in [3.63, 3.8) is 0 Å². The topological polar surface area (TPSA) is 49.8 Å². The molecule has 2 saturated carbocycles. The molecule has 0 radical (unpaired) electrons. The van der Waals surface area contributed by atoms with Gasteiger partial charge in [-0.05, 0) is 50.1 Å². The Hall–Kier alpha value is -1.75. The fourth-order valence-electron chi connectivity index (χ4n) is 3.28. The van der Waals surface area contributed by atoms with E-state index in [-0.39, 0.29) is 0 Å². The molecule has 0 saturated heterocycles. The molecule has 4 nitrogen and oxygen atoms in total. The first-order valence-corrected chi connectivity index (χ1v) is 10.1. The number of anilines is 3. The molecule has 1 aromatic carbocycles. The molecule has 0 aliphatic heterocycles. The molecule has 2 aliphatic rings. The minimum Gasteiger partial charge on any atom is -0.351 e. The third-order valence-corrected chi connectivity index (χ3v) is 5.50. The molecule has 0 amide bonds. The zero-order valence-electron chi connectivity index (χ0n) is 14.1. The van der Waals surface area contributed by atoms with Crippen molar-refractivity contribution in [1.82, 2.24) is 9.97 Å². The second-order valence-electron chi connectivity index (χ2n) is 6.76. The van der Waals surface area contributed by atoms with Gasteiger partial charge in [0.1, 0.15) is 5.82 Å². The van der Waals surface area contributed by atoms with Crippen LogP contribution in [0.5, 0.6) is 0 Å². The highest BCUT2D eigenvalue weighted by Gasteiger charge is 2.26. The van der Waals surface area contributed by atoms with Crippen LogP contribution in [-0.4, -0.2) is 22.3 Å². The molecule has 1 heterocycles. The number of aromatic nitrogens is 2. The highest BCUT2D eigenvalue weighted by atomic mass is 32.2. The predicted octanol–water partition coefficient (Wildman–Crippen LogP) is 5.17. The normalized spacial score (nSPS) is 17.9. The minimum absolute atomic E-state index is 0.534. The number of nitrogens with one attached hydrogen (secondary N) is 2. The number of hydrogen-bond donors (Lipinski definition) is 2. The standard InChI is InChI=1S/C19H24N4S/c1-24-16-8-4-7-15(11-16)20-18-12-17(13-9-10-13)22-19(23-18)21-14-5-2-3-6-14/h4,7-8,11-14H,2-3,5-6,9-10H2,1H3,(H2,20,21,22,23). The summed E-state index contributed by atoms with van der Waals surface area (Å²) in [6.07, 6.45) is 9.69. The summed E-state index contributed by atoms with van der Waals surface area (Å²) in [5.41, 5.74) is 2.25. The first kappa shape index (κ1) is 15.8. The van der Waals surface area contributed by atoms with E-state index in [1.54, 1.807) is 11.8 Å². The average molecular weight is 340 g/mol. The Balaban J connectivity index is 1.57. The second-order valence-corrected chi connectivity index (χ2v) is 7.64. The number of benzene rings is 1. The molecule has 24 heavy (non-hydrogen) atoms. The predicted molar refractivity (Wildman–Crippen MR) is 101 cm³/mol. The van der Waals surface area contributed by atoms with Crippen molar-refractivity contribution in [2.45, 2.75) is 55.4 Å². The molecular weight excluding hydrogens is 316 g/mol. The Morgan fingerprint density at radius 2 is 1.88 bits per heavy atom. The Morgan fingerprint density at radius 1 is 1.04 bits per heavy atom. The van der Waals surface area contributed by atoms with Gasteiger partial charge < -0.3 is 10.6 Å². The molecule has 2 fully saturated rings. The Kier molecular flexibility index (Phi) is 4.60. The number of rotatable bonds is 6. The molecule has 5 heteroatoms. The number of nitrogens with zero attached hydrogens (tertiary/aromatic N) is 2. The van der Waals surface area contributed by atoms with Crippen LogP contribution in [-0.2, 0) is 0 Å². The molecule has 2 aromatic rings. The highest BCUT2D eigenvalue weighted by Crippen LogP contribution is 2.40. The maximum atomic E-state index is 4.77. The second kappa shape index (κ2) is 7.01. The maximum absolute atomic E-state index is 4.77. The van der Waals surface area contributed by atoms with Crippen LogP contribution in [0.15, 0.2) is 35.2 Å². The summed E-state index contributed by atoms with van der Waals surface area (Å²) in [5.74, 6) is 2.30. The van der Waals surface area contributed by atoms with E-state index < -0.39 is 0 Å². The van der Waals surface area contributed by atoms with Crippen LogP contribution < -0.4 is 10.6 Å². The van der Waals surface area contributed by atoms with E-state index in [4.69, 9.17) is 9.97 Å². The van der Waals surface area contributed by atoms with Crippen molar-refractivity contribution in [2.24, 2.45) is 0 Å². The molecule has 4 rings (SSSR count). The SMILES string of the molecule is CSc1cccc(Nc2cc(C3CC3)nc(NC3CCCC3)n2)c1. The van der Waals surface area contributed by atoms with E-state index in [9.17, 15) is 0 Å². The molecule has 0 atom stereocenters. The van der Waals surface area contributed by atoms with Crippen LogP contribution in [0.3, 0.4) is 0 Å². The molecule has 126 valence electrons. The van der Waals surface area contributed by atoms with Gasteiger partial charge in [-0.3, -0.25) is 0 Å². The first-order chi connectivity index (χ1) is 11.8. The van der Waals surface area contributed by atoms with Gasteiger partial charge in [0.15, 0.2) is 0 Å². The third kappa shape index (κ3) is 3.83. The number of thioether (sulfide) groups is 1. The zero-order chi connectivity index (χ0) is 16.4. The quantitative estimate of drug-likeness (QED) is 0.710.